The number of rotatable bonds is 6. The van der Waals surface area contributed by atoms with Gasteiger partial charge in [-0.05, 0) is 63.2 Å². The van der Waals surface area contributed by atoms with Crippen LogP contribution in [0.3, 0.4) is 0 Å². The SMILES string of the molecule is Cc1cccc(C)c1NC(=O)CN1CCN(C(=O)CCC2CCNCC2)CC1.Cl.Cl. The second-order valence-corrected chi connectivity index (χ2v) is 8.20. The van der Waals surface area contributed by atoms with Crippen LogP contribution in [-0.2, 0) is 9.59 Å². The van der Waals surface area contributed by atoms with Gasteiger partial charge in [0, 0.05) is 38.3 Å². The van der Waals surface area contributed by atoms with Gasteiger partial charge in [0.2, 0.25) is 11.8 Å². The number of hydrogen-bond acceptors (Lipinski definition) is 4. The lowest BCUT2D eigenvalue weighted by Crippen LogP contribution is -2.50. The lowest BCUT2D eigenvalue weighted by molar-refractivity contribution is -0.133. The second-order valence-electron chi connectivity index (χ2n) is 8.20. The number of halogens is 2. The number of para-hydroxylation sites is 1. The lowest BCUT2D eigenvalue weighted by atomic mass is 9.93. The highest BCUT2D eigenvalue weighted by Crippen LogP contribution is 2.20. The zero-order chi connectivity index (χ0) is 19.9. The fourth-order valence-corrected chi connectivity index (χ4v) is 4.21. The van der Waals surface area contributed by atoms with Crippen molar-refractivity contribution in [1.82, 2.24) is 15.1 Å². The molecule has 2 N–H and O–H groups in total. The van der Waals surface area contributed by atoms with Gasteiger partial charge in [0.1, 0.15) is 0 Å². The number of aryl methyl sites for hydroxylation is 2. The predicted octanol–water partition coefficient (Wildman–Crippen LogP) is 3.01. The molecule has 2 amide bonds. The monoisotopic (exact) mass is 458 g/mol. The van der Waals surface area contributed by atoms with Gasteiger partial charge in [-0.1, -0.05) is 18.2 Å². The van der Waals surface area contributed by atoms with E-state index in [1.165, 1.54) is 12.8 Å². The summed E-state index contributed by atoms with van der Waals surface area (Å²) in [5.41, 5.74) is 3.08. The molecule has 2 heterocycles. The molecule has 0 saturated carbocycles. The number of carbonyl (C=O) groups is 2. The van der Waals surface area contributed by atoms with E-state index in [-0.39, 0.29) is 36.6 Å². The number of amides is 2. The van der Waals surface area contributed by atoms with Crippen molar-refractivity contribution in [3.05, 3.63) is 29.3 Å². The molecule has 3 rings (SSSR count). The van der Waals surface area contributed by atoms with Crippen molar-refractivity contribution in [2.24, 2.45) is 5.92 Å². The third-order valence-corrected chi connectivity index (χ3v) is 6.06. The largest absolute Gasteiger partial charge is 0.340 e. The molecule has 0 radical (unpaired) electrons. The summed E-state index contributed by atoms with van der Waals surface area (Å²) >= 11 is 0. The van der Waals surface area contributed by atoms with E-state index >= 15 is 0 Å². The van der Waals surface area contributed by atoms with Gasteiger partial charge in [-0.3, -0.25) is 14.5 Å². The maximum absolute atomic E-state index is 12.5. The number of nitrogens with one attached hydrogen (secondary N) is 2. The number of anilines is 1. The molecule has 2 fully saturated rings. The second kappa shape index (κ2) is 13.2. The van der Waals surface area contributed by atoms with E-state index in [4.69, 9.17) is 0 Å². The summed E-state index contributed by atoms with van der Waals surface area (Å²) in [5, 5.41) is 6.42. The van der Waals surface area contributed by atoms with Crippen LogP contribution in [0, 0.1) is 19.8 Å². The summed E-state index contributed by atoms with van der Waals surface area (Å²) < 4.78 is 0. The maximum Gasteiger partial charge on any atom is 0.238 e. The zero-order valence-corrected chi connectivity index (χ0v) is 19.7. The molecule has 2 aliphatic rings. The topological polar surface area (TPSA) is 64.7 Å². The van der Waals surface area contributed by atoms with Crippen LogP contribution in [0.4, 0.5) is 5.69 Å². The number of carbonyl (C=O) groups excluding carboxylic acids is 2. The van der Waals surface area contributed by atoms with Gasteiger partial charge in [-0.15, -0.1) is 24.8 Å². The highest BCUT2D eigenvalue weighted by Gasteiger charge is 2.23. The quantitative estimate of drug-likeness (QED) is 0.687. The highest BCUT2D eigenvalue weighted by atomic mass is 35.5. The van der Waals surface area contributed by atoms with Gasteiger partial charge in [-0.2, -0.15) is 0 Å². The summed E-state index contributed by atoms with van der Waals surface area (Å²) in [5.74, 6) is 0.987. The first-order chi connectivity index (χ1) is 13.5. The molecule has 2 saturated heterocycles. The molecule has 170 valence electrons. The molecule has 6 nitrogen and oxygen atoms in total. The van der Waals surface area contributed by atoms with E-state index < -0.39 is 0 Å². The van der Waals surface area contributed by atoms with Crippen molar-refractivity contribution in [2.45, 2.75) is 39.5 Å². The summed E-state index contributed by atoms with van der Waals surface area (Å²) in [6, 6.07) is 6.02. The first-order valence-electron chi connectivity index (χ1n) is 10.6. The number of benzene rings is 1. The van der Waals surface area contributed by atoms with E-state index in [1.54, 1.807) is 0 Å². The van der Waals surface area contributed by atoms with E-state index in [9.17, 15) is 9.59 Å². The van der Waals surface area contributed by atoms with Crippen molar-refractivity contribution < 1.29 is 9.59 Å². The van der Waals surface area contributed by atoms with E-state index in [0.717, 1.165) is 62.5 Å². The Morgan fingerprint density at radius 2 is 1.63 bits per heavy atom. The summed E-state index contributed by atoms with van der Waals surface area (Å²) in [6.45, 7) is 9.55. The molecule has 0 atom stereocenters. The van der Waals surface area contributed by atoms with Crippen LogP contribution in [0.5, 0.6) is 0 Å². The molecular weight excluding hydrogens is 423 g/mol. The first-order valence-corrected chi connectivity index (χ1v) is 10.6. The average Bonchev–Trinajstić information content (AvgIpc) is 2.70. The van der Waals surface area contributed by atoms with Gasteiger partial charge in [0.15, 0.2) is 0 Å². The number of hydrogen-bond donors (Lipinski definition) is 2. The fourth-order valence-electron chi connectivity index (χ4n) is 4.21. The Kier molecular flexibility index (Phi) is 11.7. The zero-order valence-electron chi connectivity index (χ0n) is 18.1. The van der Waals surface area contributed by atoms with E-state index in [0.29, 0.717) is 18.9 Å². The molecule has 0 spiro atoms. The van der Waals surface area contributed by atoms with Crippen molar-refractivity contribution in [2.75, 3.05) is 51.1 Å². The summed E-state index contributed by atoms with van der Waals surface area (Å²) in [4.78, 5) is 29.0. The molecule has 2 aliphatic heterocycles. The molecule has 0 bridgehead atoms. The van der Waals surface area contributed by atoms with Crippen LogP contribution in [0.1, 0.15) is 36.8 Å². The maximum atomic E-state index is 12.5. The predicted molar refractivity (Wildman–Crippen MR) is 127 cm³/mol. The first kappa shape index (κ1) is 26.7. The molecule has 30 heavy (non-hydrogen) atoms. The van der Waals surface area contributed by atoms with Crippen LogP contribution in [0.2, 0.25) is 0 Å². The molecule has 8 heteroatoms. The Hall–Kier alpha value is -1.34. The van der Waals surface area contributed by atoms with Crippen molar-refractivity contribution in [1.29, 1.82) is 0 Å². The van der Waals surface area contributed by atoms with Crippen molar-refractivity contribution in [3.8, 4) is 0 Å². The Bertz CT molecular complexity index is 667. The van der Waals surface area contributed by atoms with Crippen molar-refractivity contribution in [3.63, 3.8) is 0 Å². The Balaban J connectivity index is 0.00000225. The smallest absolute Gasteiger partial charge is 0.238 e. The summed E-state index contributed by atoms with van der Waals surface area (Å²) in [7, 11) is 0. The number of piperidine rings is 1. The molecule has 0 aromatic heterocycles. The Labute approximate surface area is 193 Å². The Morgan fingerprint density at radius 3 is 2.23 bits per heavy atom. The van der Waals surface area contributed by atoms with Gasteiger partial charge in [0.25, 0.3) is 0 Å². The molecule has 0 unspecified atom stereocenters. The van der Waals surface area contributed by atoms with Crippen LogP contribution in [0.25, 0.3) is 0 Å². The molecule has 1 aromatic carbocycles. The average molecular weight is 459 g/mol. The van der Waals surface area contributed by atoms with Gasteiger partial charge in [-0.25, -0.2) is 0 Å². The van der Waals surface area contributed by atoms with E-state index in [1.807, 2.05) is 36.9 Å². The van der Waals surface area contributed by atoms with Crippen LogP contribution in [-0.4, -0.2) is 67.4 Å². The van der Waals surface area contributed by atoms with Crippen LogP contribution in [0.15, 0.2) is 18.2 Å². The normalized spacial score (nSPS) is 17.6. The number of nitrogens with zero attached hydrogens (tertiary/aromatic N) is 2. The minimum Gasteiger partial charge on any atom is -0.340 e. The standard InChI is InChI=1S/C22H34N4O2.2ClH/c1-17-4-3-5-18(2)22(17)24-20(27)16-25-12-14-26(15-13-25)21(28)7-6-19-8-10-23-11-9-19;;/h3-5,19,23H,6-16H2,1-2H3,(H,24,27);2*1H. The Morgan fingerprint density at radius 1 is 1.03 bits per heavy atom. The third kappa shape index (κ3) is 7.73. The van der Waals surface area contributed by atoms with Crippen LogP contribution < -0.4 is 10.6 Å². The molecular formula is C22H36Cl2N4O2. The lowest BCUT2D eigenvalue weighted by Gasteiger charge is -2.34. The fraction of sp³-hybridized carbons (Fsp3) is 0.636. The van der Waals surface area contributed by atoms with Gasteiger partial charge in [0.05, 0.1) is 6.54 Å². The minimum atomic E-state index is 0. The van der Waals surface area contributed by atoms with E-state index in [2.05, 4.69) is 15.5 Å². The summed E-state index contributed by atoms with van der Waals surface area (Å²) in [6.07, 6.45) is 4.06. The molecule has 0 aliphatic carbocycles. The van der Waals surface area contributed by atoms with Gasteiger partial charge < -0.3 is 15.5 Å². The highest BCUT2D eigenvalue weighted by molar-refractivity contribution is 5.93. The van der Waals surface area contributed by atoms with Crippen LogP contribution >= 0.6 is 24.8 Å². The van der Waals surface area contributed by atoms with Crippen molar-refractivity contribution >= 4 is 42.3 Å². The molecule has 1 aromatic rings. The van der Waals surface area contributed by atoms with Gasteiger partial charge >= 0.3 is 0 Å². The number of piperazine rings is 1. The minimum absolute atomic E-state index is 0. The third-order valence-electron chi connectivity index (χ3n) is 6.06.